The van der Waals surface area contributed by atoms with Gasteiger partial charge in [0.15, 0.2) is 17.3 Å². The van der Waals surface area contributed by atoms with Crippen molar-refractivity contribution in [2.45, 2.75) is 155 Å². The molecule has 0 radical (unpaired) electrons. The number of aromatic nitrogens is 3. The molecule has 19 nitrogen and oxygen atoms in total. The number of hydrogen-bond donors (Lipinski definition) is 6. The molecular formula is C56H75FN12O7. The van der Waals surface area contributed by atoms with Gasteiger partial charge in [0.05, 0.1) is 30.9 Å². The van der Waals surface area contributed by atoms with E-state index in [1.54, 1.807) is 38.7 Å². The molecule has 2 aromatic carbocycles. The molecule has 6 amide bonds. The molecule has 76 heavy (non-hydrogen) atoms. The lowest BCUT2D eigenvalue weighted by molar-refractivity contribution is -0.144. The van der Waals surface area contributed by atoms with Crippen molar-refractivity contribution in [3.8, 4) is 22.9 Å². The topological polar surface area (TPSA) is 259 Å². The first kappa shape index (κ1) is 57.9. The molecule has 2 aliphatic rings. The zero-order chi connectivity index (χ0) is 55.3. The van der Waals surface area contributed by atoms with Crippen LogP contribution >= 0.6 is 0 Å². The highest BCUT2D eigenvalue weighted by Gasteiger charge is 2.46. The number of likely N-dealkylation sites (tertiary alicyclic amines) is 1. The number of benzene rings is 2. The van der Waals surface area contributed by atoms with E-state index in [1.165, 1.54) is 34.2 Å². The Hall–Kier alpha value is -7.40. The molecule has 20 heteroatoms. The number of pyridine rings is 1. The first-order valence-corrected chi connectivity index (χ1v) is 26.4. The number of nitrogens with two attached hydrogens (primary N) is 1. The van der Waals surface area contributed by atoms with Crippen LogP contribution in [0.3, 0.4) is 0 Å². The van der Waals surface area contributed by atoms with Gasteiger partial charge in [0, 0.05) is 67.5 Å². The Labute approximate surface area is 445 Å². The highest BCUT2D eigenvalue weighted by atomic mass is 19.1. The van der Waals surface area contributed by atoms with Crippen LogP contribution in [-0.2, 0) is 37.1 Å². The van der Waals surface area contributed by atoms with Gasteiger partial charge >= 0.3 is 0 Å². The van der Waals surface area contributed by atoms with Crippen molar-refractivity contribution in [3.63, 3.8) is 0 Å². The van der Waals surface area contributed by atoms with Crippen LogP contribution in [0.15, 0.2) is 60.8 Å². The van der Waals surface area contributed by atoms with Gasteiger partial charge in [0.2, 0.25) is 29.5 Å². The van der Waals surface area contributed by atoms with E-state index in [0.29, 0.717) is 48.1 Å². The van der Waals surface area contributed by atoms with Crippen LogP contribution in [0.4, 0.5) is 10.2 Å². The first-order chi connectivity index (χ1) is 36.2. The van der Waals surface area contributed by atoms with Gasteiger partial charge in [-0.15, -0.1) is 0 Å². The van der Waals surface area contributed by atoms with Crippen molar-refractivity contribution < 1.29 is 37.9 Å². The van der Waals surface area contributed by atoms with Crippen molar-refractivity contribution >= 4 is 41.3 Å². The molecule has 7 N–H and O–H groups in total. The highest BCUT2D eigenvalue weighted by molar-refractivity contribution is 5.96. The van der Waals surface area contributed by atoms with Gasteiger partial charge in [-0.05, 0) is 81.8 Å². The summed E-state index contributed by atoms with van der Waals surface area (Å²) >= 11 is 0. The molecule has 2 aliphatic heterocycles. The van der Waals surface area contributed by atoms with E-state index in [1.807, 2.05) is 58.0 Å². The lowest BCUT2D eigenvalue weighted by atomic mass is 9.85. The van der Waals surface area contributed by atoms with E-state index in [2.05, 4.69) is 42.7 Å². The van der Waals surface area contributed by atoms with Crippen molar-refractivity contribution in [1.82, 2.24) is 51.1 Å². The molecule has 6 rings (SSSR count). The van der Waals surface area contributed by atoms with Gasteiger partial charge in [-0.3, -0.25) is 33.4 Å². The second-order valence-electron chi connectivity index (χ2n) is 20.9. The summed E-state index contributed by atoms with van der Waals surface area (Å²) in [6.45, 7) is 11.5. The predicted molar refractivity (Wildman–Crippen MR) is 285 cm³/mol. The Balaban J connectivity index is 0.971. The summed E-state index contributed by atoms with van der Waals surface area (Å²) < 4.78 is 22.2. The van der Waals surface area contributed by atoms with Crippen molar-refractivity contribution in [2.24, 2.45) is 5.41 Å². The Morgan fingerprint density at radius 2 is 1.66 bits per heavy atom. The summed E-state index contributed by atoms with van der Waals surface area (Å²) in [6, 6.07) is 14.2. The number of hydrogen-bond acceptors (Lipinski definition) is 12. The minimum Gasteiger partial charge on any atom is -0.482 e. The number of fused-ring (bicyclic) bond motifs is 5. The van der Waals surface area contributed by atoms with Crippen molar-refractivity contribution in [1.29, 1.82) is 5.26 Å². The number of nitrogens with one attached hydrogen (secondary N) is 5. The number of nitrogen functional groups attached to an aromatic ring is 1. The average Bonchev–Trinajstić information content (AvgIpc) is 3.99. The third-order valence-electron chi connectivity index (χ3n) is 14.2. The fourth-order valence-electron chi connectivity index (χ4n) is 9.72. The Morgan fingerprint density at radius 3 is 2.32 bits per heavy atom. The van der Waals surface area contributed by atoms with Gasteiger partial charge in [0.25, 0.3) is 5.91 Å². The fourth-order valence-corrected chi connectivity index (χ4v) is 9.72. The Bertz CT molecular complexity index is 2760. The molecule has 1 saturated heterocycles. The number of rotatable bonds is 21. The fraction of sp³-hybridized carbons (Fsp3) is 0.518. The lowest BCUT2D eigenvalue weighted by Gasteiger charge is -2.36. The number of halogens is 1. The number of ether oxygens (including phenoxy) is 1. The molecule has 0 spiro atoms. The minimum absolute atomic E-state index is 0.0308. The standard InChI is InChI=1S/C56H75FN12O7/c1-9-42(36-19-15-14-16-20-36)64-53(73)44-29-39(32-68(44)55(75)50(56(4,5)6)65-52(72)34(2)60-7)63-48(71)22-18-13-11-10-12-17-21-47(70)61-25-26-69-45-33-67(8)54(74)40-24-23-38(57)28-41(40)35(3)76-46-27-37(31-62-51(46)59)49(45)43(30-58)66-69/h14-16,19-20,23-24,27-28,31,34-35,39,42,44,50,60H,9-13,17-18,21-22,25-26,29,32-33H2,1-8H3,(H2,59,62)(H,61,70)(H,63,71)(H,64,73)(H,65,72)/t34-,35+,39-,42+,44-,50+/m0/s1. The second kappa shape index (κ2) is 26.4. The van der Waals surface area contributed by atoms with Crippen LogP contribution in [0.5, 0.6) is 5.75 Å². The number of amides is 6. The van der Waals surface area contributed by atoms with E-state index in [9.17, 15) is 38.4 Å². The molecule has 0 aliphatic carbocycles. The largest absolute Gasteiger partial charge is 0.482 e. The third kappa shape index (κ3) is 14.7. The molecule has 2 aromatic heterocycles. The maximum atomic E-state index is 14.5. The molecule has 1 fully saturated rings. The minimum atomic E-state index is -0.923. The van der Waals surface area contributed by atoms with E-state index >= 15 is 0 Å². The van der Waals surface area contributed by atoms with Crippen LogP contribution in [0.2, 0.25) is 0 Å². The average molecular weight is 1050 g/mol. The monoisotopic (exact) mass is 1050 g/mol. The summed E-state index contributed by atoms with van der Waals surface area (Å²) in [5, 5.41) is 29.8. The molecule has 2 bridgehead atoms. The van der Waals surface area contributed by atoms with Crippen molar-refractivity contribution in [2.75, 3.05) is 32.9 Å². The van der Waals surface area contributed by atoms with Gasteiger partial charge in [-0.1, -0.05) is 83.7 Å². The third-order valence-corrected chi connectivity index (χ3v) is 14.2. The molecular weight excluding hydrogens is 972 g/mol. The zero-order valence-electron chi connectivity index (χ0n) is 45.1. The molecule has 0 unspecified atom stereocenters. The summed E-state index contributed by atoms with van der Waals surface area (Å²) in [6.07, 6.45) is 6.86. The summed E-state index contributed by atoms with van der Waals surface area (Å²) in [4.78, 5) is 89.0. The first-order valence-electron chi connectivity index (χ1n) is 26.4. The maximum absolute atomic E-state index is 14.5. The van der Waals surface area contributed by atoms with Crippen LogP contribution in [0.25, 0.3) is 11.1 Å². The van der Waals surface area contributed by atoms with Gasteiger partial charge in [-0.25, -0.2) is 9.37 Å². The Kier molecular flexibility index (Phi) is 20.1. The number of carbonyl (C=O) groups excluding carboxylic acids is 6. The lowest BCUT2D eigenvalue weighted by Crippen LogP contribution is -2.59. The number of carbonyl (C=O) groups is 6. The molecule has 4 heterocycles. The van der Waals surface area contributed by atoms with Gasteiger partial charge in [-0.2, -0.15) is 10.4 Å². The maximum Gasteiger partial charge on any atom is 0.254 e. The molecule has 0 saturated carbocycles. The quantitative estimate of drug-likeness (QED) is 0.0526. The summed E-state index contributed by atoms with van der Waals surface area (Å²) in [5.41, 5.74) is 8.58. The van der Waals surface area contributed by atoms with Gasteiger partial charge < -0.3 is 46.9 Å². The van der Waals surface area contributed by atoms with Crippen LogP contribution in [0.1, 0.15) is 151 Å². The number of anilines is 1. The molecule has 4 aromatic rings. The van der Waals surface area contributed by atoms with E-state index < -0.39 is 47.4 Å². The number of nitriles is 1. The van der Waals surface area contributed by atoms with E-state index in [-0.39, 0.29) is 97.4 Å². The van der Waals surface area contributed by atoms with E-state index in [4.69, 9.17) is 10.5 Å². The zero-order valence-corrected chi connectivity index (χ0v) is 45.1. The molecule has 6 atom stereocenters. The normalized spacial score (nSPS) is 17.6. The smallest absolute Gasteiger partial charge is 0.254 e. The van der Waals surface area contributed by atoms with Crippen LogP contribution in [0, 0.1) is 22.6 Å². The number of nitrogens with zero attached hydrogens (tertiary/aromatic N) is 6. The predicted octanol–water partition coefficient (Wildman–Crippen LogP) is 5.99. The van der Waals surface area contributed by atoms with Gasteiger partial charge in [0.1, 0.15) is 30.1 Å². The van der Waals surface area contributed by atoms with E-state index in [0.717, 1.165) is 31.2 Å². The SMILES string of the molecule is CC[C@@H](NC(=O)[C@@H]1C[C@H](NC(=O)CCCCCCCCC(=O)NCCn2nc(C#N)c3c2CN(C)C(=O)c2ccc(F)cc2[C@@H](C)Oc2cc-3cnc2N)CN1C(=O)[C@@H](NC(=O)[C@H](C)NC)C(C)(C)C)c1ccccc1. The summed E-state index contributed by atoms with van der Waals surface area (Å²) in [7, 11) is 3.27. The van der Waals surface area contributed by atoms with Crippen molar-refractivity contribution in [3.05, 3.63) is 94.7 Å². The van der Waals surface area contributed by atoms with Crippen LogP contribution in [-0.4, -0.2) is 111 Å². The number of likely N-dealkylation sites (N-methyl/N-ethyl adjacent to an activating group) is 1. The summed E-state index contributed by atoms with van der Waals surface area (Å²) in [5.74, 6) is -2.00. The second-order valence-corrected chi connectivity index (χ2v) is 20.9. The molecule has 408 valence electrons. The highest BCUT2D eigenvalue weighted by Crippen LogP contribution is 2.36. The van der Waals surface area contributed by atoms with Crippen LogP contribution < -0.4 is 37.1 Å². The number of unbranched alkanes of at least 4 members (excludes halogenated alkanes) is 5. The Morgan fingerprint density at radius 1 is 0.974 bits per heavy atom.